The van der Waals surface area contributed by atoms with E-state index >= 15 is 0 Å². The summed E-state index contributed by atoms with van der Waals surface area (Å²) in [5, 5.41) is 7.63. The first-order valence-electron chi connectivity index (χ1n) is 11.1. The number of nitrogens with zero attached hydrogens (tertiary/aromatic N) is 3. The van der Waals surface area contributed by atoms with Crippen LogP contribution in [0.2, 0.25) is 0 Å². The molecule has 2 aromatic heterocycles. The van der Waals surface area contributed by atoms with Gasteiger partial charge in [0, 0.05) is 23.6 Å². The molecule has 0 radical (unpaired) electrons. The number of benzene rings is 3. The molecule has 0 aliphatic carbocycles. The van der Waals surface area contributed by atoms with Gasteiger partial charge in [-0.15, -0.1) is 0 Å². The summed E-state index contributed by atoms with van der Waals surface area (Å²) in [5.74, 6) is -0.246. The van der Waals surface area contributed by atoms with Crippen LogP contribution in [0.5, 0.6) is 0 Å². The molecule has 0 aliphatic rings. The van der Waals surface area contributed by atoms with Crippen molar-refractivity contribution in [1.82, 2.24) is 14.8 Å². The lowest BCUT2D eigenvalue weighted by atomic mass is 9.99. The second kappa shape index (κ2) is 9.27. The molecule has 0 N–H and O–H groups in total. The Hall–Kier alpha value is -4.32. The van der Waals surface area contributed by atoms with Crippen LogP contribution < -0.4 is 0 Å². The molecule has 5 rings (SSSR count). The topological polar surface area (TPSA) is 74.1 Å². The molecule has 0 bridgehead atoms. The summed E-state index contributed by atoms with van der Waals surface area (Å²) in [6.45, 7) is 0.508. The lowest BCUT2D eigenvalue weighted by molar-refractivity contribution is -0.139. The van der Waals surface area contributed by atoms with Crippen LogP contribution in [0.1, 0.15) is 27.2 Å². The van der Waals surface area contributed by atoms with E-state index in [1.165, 1.54) is 7.11 Å². The van der Waals surface area contributed by atoms with Gasteiger partial charge in [0.1, 0.15) is 0 Å². The van der Waals surface area contributed by atoms with Crippen LogP contribution in [-0.2, 0) is 28.9 Å². The zero-order chi connectivity index (χ0) is 23.5. The van der Waals surface area contributed by atoms with Crippen molar-refractivity contribution in [2.45, 2.75) is 19.4 Å². The molecule has 0 spiro atoms. The molecule has 0 saturated carbocycles. The van der Waals surface area contributed by atoms with Crippen LogP contribution in [0.25, 0.3) is 21.8 Å². The Balaban J connectivity index is 1.32. The molecule has 0 saturated heterocycles. The standard InChI is InChI=1S/C28H23N3O3/c1-34-27(33)17-25-24-7-4-14-29-28(24)31(30-25)18-20-10-8-19(9-11-20)15-26(32)23-13-12-21-5-2-3-6-22(21)16-23/h2-14,16H,15,17-18H2,1H3. The van der Waals surface area contributed by atoms with Crippen LogP contribution in [0, 0.1) is 0 Å². The number of carbonyl (C=O) groups is 2. The van der Waals surface area contributed by atoms with E-state index in [0.717, 1.165) is 38.5 Å². The minimum Gasteiger partial charge on any atom is -0.469 e. The highest BCUT2D eigenvalue weighted by molar-refractivity contribution is 6.01. The Labute approximate surface area is 196 Å². The lowest BCUT2D eigenvalue weighted by Crippen LogP contribution is -2.07. The Bertz CT molecular complexity index is 1500. The predicted molar refractivity (Wildman–Crippen MR) is 131 cm³/mol. The Morgan fingerprint density at radius 1 is 0.853 bits per heavy atom. The van der Waals surface area contributed by atoms with Crippen molar-refractivity contribution in [3.63, 3.8) is 0 Å². The van der Waals surface area contributed by atoms with Crippen molar-refractivity contribution < 1.29 is 14.3 Å². The number of pyridine rings is 1. The van der Waals surface area contributed by atoms with E-state index < -0.39 is 0 Å². The monoisotopic (exact) mass is 449 g/mol. The van der Waals surface area contributed by atoms with Crippen LogP contribution in [0.4, 0.5) is 0 Å². The van der Waals surface area contributed by atoms with Crippen LogP contribution in [0.3, 0.4) is 0 Å². The molecular weight excluding hydrogens is 426 g/mol. The zero-order valence-electron chi connectivity index (χ0n) is 18.8. The molecule has 0 amide bonds. The average Bonchev–Trinajstić information content (AvgIpc) is 3.21. The number of esters is 1. The van der Waals surface area contributed by atoms with Gasteiger partial charge in [0.25, 0.3) is 0 Å². The van der Waals surface area contributed by atoms with Crippen LogP contribution in [-0.4, -0.2) is 33.6 Å². The summed E-state index contributed by atoms with van der Waals surface area (Å²) < 4.78 is 6.59. The second-order valence-corrected chi connectivity index (χ2v) is 8.21. The number of aromatic nitrogens is 3. The first-order valence-corrected chi connectivity index (χ1v) is 11.1. The molecule has 2 heterocycles. The number of methoxy groups -OCH3 is 1. The van der Waals surface area contributed by atoms with E-state index in [1.54, 1.807) is 10.9 Å². The third-order valence-electron chi connectivity index (χ3n) is 5.91. The number of ether oxygens (including phenoxy) is 1. The fraction of sp³-hybridized carbons (Fsp3) is 0.143. The van der Waals surface area contributed by atoms with E-state index in [-0.39, 0.29) is 18.2 Å². The molecule has 0 unspecified atom stereocenters. The highest BCUT2D eigenvalue weighted by Gasteiger charge is 2.15. The number of carbonyl (C=O) groups excluding carboxylic acids is 2. The number of rotatable bonds is 7. The average molecular weight is 450 g/mol. The first kappa shape index (κ1) is 21.5. The van der Waals surface area contributed by atoms with Crippen molar-refractivity contribution in [2.24, 2.45) is 0 Å². The number of Topliss-reactive ketones (excluding diaryl/α,β-unsaturated/α-hetero) is 1. The molecule has 0 atom stereocenters. The maximum atomic E-state index is 12.8. The number of fused-ring (bicyclic) bond motifs is 2. The number of ketones is 1. The molecule has 34 heavy (non-hydrogen) atoms. The summed E-state index contributed by atoms with van der Waals surface area (Å²) in [4.78, 5) is 29.0. The third kappa shape index (κ3) is 4.43. The van der Waals surface area contributed by atoms with Crippen LogP contribution in [0.15, 0.2) is 85.1 Å². The largest absolute Gasteiger partial charge is 0.469 e. The van der Waals surface area contributed by atoms with Gasteiger partial charge in [-0.2, -0.15) is 5.10 Å². The molecule has 6 heteroatoms. The SMILES string of the molecule is COC(=O)Cc1nn(Cc2ccc(CC(=O)c3ccc4ccccc4c3)cc2)c2ncccc12. The van der Waals surface area contributed by atoms with Gasteiger partial charge in [-0.25, -0.2) is 9.67 Å². The van der Waals surface area contributed by atoms with Crippen molar-refractivity contribution in [1.29, 1.82) is 0 Å². The minimum absolute atomic E-state index is 0.0909. The van der Waals surface area contributed by atoms with E-state index in [9.17, 15) is 9.59 Å². The van der Waals surface area contributed by atoms with Gasteiger partial charge in [-0.3, -0.25) is 9.59 Å². The number of hydrogen-bond acceptors (Lipinski definition) is 5. The van der Waals surface area contributed by atoms with Crippen molar-refractivity contribution in [3.8, 4) is 0 Å². The lowest BCUT2D eigenvalue weighted by Gasteiger charge is -2.06. The Morgan fingerprint density at radius 3 is 2.41 bits per heavy atom. The molecule has 5 aromatic rings. The van der Waals surface area contributed by atoms with Gasteiger partial charge in [-0.1, -0.05) is 60.7 Å². The summed E-state index contributed by atoms with van der Waals surface area (Å²) in [5.41, 5.74) is 4.07. The first-order chi connectivity index (χ1) is 16.6. The maximum Gasteiger partial charge on any atom is 0.311 e. The normalized spacial score (nSPS) is 11.1. The van der Waals surface area contributed by atoms with Crippen molar-refractivity contribution in [3.05, 3.63) is 107 Å². The summed E-state index contributed by atoms with van der Waals surface area (Å²) >= 11 is 0. The number of hydrogen-bond donors (Lipinski definition) is 0. The molecule has 0 aliphatic heterocycles. The zero-order valence-corrected chi connectivity index (χ0v) is 18.8. The minimum atomic E-state index is -0.337. The van der Waals surface area contributed by atoms with Crippen molar-refractivity contribution >= 4 is 33.6 Å². The van der Waals surface area contributed by atoms with Crippen LogP contribution >= 0.6 is 0 Å². The highest BCUT2D eigenvalue weighted by atomic mass is 16.5. The molecule has 3 aromatic carbocycles. The predicted octanol–water partition coefficient (Wildman–Crippen LogP) is 4.77. The molecule has 168 valence electrons. The van der Waals surface area contributed by atoms with E-state index in [2.05, 4.69) is 10.1 Å². The van der Waals surface area contributed by atoms with Gasteiger partial charge < -0.3 is 4.74 Å². The second-order valence-electron chi connectivity index (χ2n) is 8.21. The smallest absolute Gasteiger partial charge is 0.311 e. The highest BCUT2D eigenvalue weighted by Crippen LogP contribution is 2.20. The van der Waals surface area contributed by atoms with Gasteiger partial charge in [0.2, 0.25) is 0 Å². The molecular formula is C28H23N3O3. The van der Waals surface area contributed by atoms with E-state index in [1.807, 2.05) is 78.9 Å². The Kier molecular flexibility index (Phi) is 5.87. The molecule has 6 nitrogen and oxygen atoms in total. The van der Waals surface area contributed by atoms with Gasteiger partial charge in [-0.05, 0) is 40.1 Å². The fourth-order valence-corrected chi connectivity index (χ4v) is 4.11. The summed E-state index contributed by atoms with van der Waals surface area (Å²) in [6, 6.07) is 25.5. The quantitative estimate of drug-likeness (QED) is 0.264. The summed E-state index contributed by atoms with van der Waals surface area (Å²) in [6.07, 6.45) is 2.15. The molecule has 0 fully saturated rings. The van der Waals surface area contributed by atoms with Gasteiger partial charge in [0.15, 0.2) is 11.4 Å². The van der Waals surface area contributed by atoms with E-state index in [4.69, 9.17) is 4.74 Å². The Morgan fingerprint density at radius 2 is 1.62 bits per heavy atom. The fourth-order valence-electron chi connectivity index (χ4n) is 4.11. The van der Waals surface area contributed by atoms with E-state index in [0.29, 0.717) is 18.7 Å². The third-order valence-corrected chi connectivity index (χ3v) is 5.91. The van der Waals surface area contributed by atoms with Gasteiger partial charge in [0.05, 0.1) is 25.8 Å². The van der Waals surface area contributed by atoms with Gasteiger partial charge >= 0.3 is 5.97 Å². The summed E-state index contributed by atoms with van der Waals surface area (Å²) in [7, 11) is 1.37. The maximum absolute atomic E-state index is 12.8. The van der Waals surface area contributed by atoms with Crippen molar-refractivity contribution in [2.75, 3.05) is 7.11 Å².